The predicted octanol–water partition coefficient (Wildman–Crippen LogP) is 4.35. The first kappa shape index (κ1) is 17.2. The largest absolute Gasteiger partial charge is 0.445 e. The van der Waals surface area contributed by atoms with Crippen molar-refractivity contribution in [1.29, 1.82) is 0 Å². The maximum Gasteiger partial charge on any atom is 0.410 e. The molecule has 0 saturated carbocycles. The van der Waals surface area contributed by atoms with Gasteiger partial charge in [0, 0.05) is 19.4 Å². The number of Topliss-reactive ketones (excluding diaryl/α,β-unsaturated/α-hetero) is 1. The molecule has 1 atom stereocenters. The van der Waals surface area contributed by atoms with Crippen LogP contribution in [0.3, 0.4) is 0 Å². The van der Waals surface area contributed by atoms with Crippen LogP contribution in [0.2, 0.25) is 0 Å². The number of piperidine rings is 1. The lowest BCUT2D eigenvalue weighted by Gasteiger charge is -2.34. The van der Waals surface area contributed by atoms with Gasteiger partial charge in [-0.1, -0.05) is 59.7 Å². The molecule has 1 saturated heterocycles. The molecule has 1 amide bonds. The minimum Gasteiger partial charge on any atom is -0.445 e. The van der Waals surface area contributed by atoms with Crippen molar-refractivity contribution in [3.8, 4) is 0 Å². The van der Waals surface area contributed by atoms with Gasteiger partial charge in [-0.2, -0.15) is 0 Å². The Bertz CT molecular complexity index is 750. The number of benzene rings is 2. The van der Waals surface area contributed by atoms with E-state index >= 15 is 0 Å². The van der Waals surface area contributed by atoms with Gasteiger partial charge in [0.2, 0.25) is 0 Å². The number of amides is 1. The second kappa shape index (κ2) is 7.51. The van der Waals surface area contributed by atoms with Crippen molar-refractivity contribution in [1.82, 2.24) is 4.90 Å². The van der Waals surface area contributed by atoms with Crippen LogP contribution in [-0.4, -0.2) is 23.3 Å². The van der Waals surface area contributed by atoms with Crippen LogP contribution in [0.4, 0.5) is 4.79 Å². The molecule has 4 heteroatoms. The zero-order chi connectivity index (χ0) is 17.8. The van der Waals surface area contributed by atoms with Crippen LogP contribution >= 0.6 is 0 Å². The van der Waals surface area contributed by atoms with E-state index < -0.39 is 0 Å². The third kappa shape index (κ3) is 4.27. The fourth-order valence-corrected chi connectivity index (χ4v) is 3.35. The van der Waals surface area contributed by atoms with Gasteiger partial charge in [-0.25, -0.2) is 4.79 Å². The minimum absolute atomic E-state index is 0.191. The molecule has 0 radical (unpaired) electrons. The Hall–Kier alpha value is -2.62. The molecule has 3 rings (SSSR count). The van der Waals surface area contributed by atoms with E-state index in [1.807, 2.05) is 56.3 Å². The molecule has 0 aliphatic carbocycles. The molecule has 0 N–H and O–H groups in total. The number of aryl methyl sites for hydroxylation is 2. The highest BCUT2D eigenvalue weighted by molar-refractivity contribution is 5.82. The summed E-state index contributed by atoms with van der Waals surface area (Å²) in [6.07, 6.45) is 0.380. The highest BCUT2D eigenvalue weighted by Gasteiger charge is 2.32. The minimum atomic E-state index is -0.361. The van der Waals surface area contributed by atoms with Crippen LogP contribution in [-0.2, 0) is 16.1 Å². The smallest absolute Gasteiger partial charge is 0.410 e. The Morgan fingerprint density at radius 1 is 1.12 bits per heavy atom. The summed E-state index contributed by atoms with van der Waals surface area (Å²) in [6, 6.07) is 15.6. The number of likely N-dealkylation sites (tertiary alicyclic amines) is 1. The van der Waals surface area contributed by atoms with Crippen LogP contribution in [0.25, 0.3) is 0 Å². The lowest BCUT2D eigenvalue weighted by atomic mass is 9.92. The second-order valence-electron chi connectivity index (χ2n) is 6.66. The van der Waals surface area contributed by atoms with Gasteiger partial charge < -0.3 is 9.64 Å². The number of nitrogens with zero attached hydrogens (tertiary/aromatic N) is 1. The summed E-state index contributed by atoms with van der Waals surface area (Å²) in [5, 5.41) is 0. The molecule has 0 spiro atoms. The topological polar surface area (TPSA) is 46.6 Å². The summed E-state index contributed by atoms with van der Waals surface area (Å²) in [5.41, 5.74) is 4.21. The van der Waals surface area contributed by atoms with E-state index in [-0.39, 0.29) is 24.5 Å². The summed E-state index contributed by atoms with van der Waals surface area (Å²) in [4.78, 5) is 26.3. The number of carbonyl (C=O) groups is 2. The van der Waals surface area contributed by atoms with Gasteiger partial charge >= 0.3 is 6.09 Å². The van der Waals surface area contributed by atoms with Crippen LogP contribution < -0.4 is 0 Å². The number of ether oxygens (including phenoxy) is 1. The van der Waals surface area contributed by atoms with Crippen molar-refractivity contribution in [3.63, 3.8) is 0 Å². The van der Waals surface area contributed by atoms with E-state index in [4.69, 9.17) is 4.74 Å². The van der Waals surface area contributed by atoms with Gasteiger partial charge in [0.05, 0.1) is 6.04 Å². The van der Waals surface area contributed by atoms with Gasteiger partial charge in [0.15, 0.2) is 0 Å². The molecule has 1 heterocycles. The molecule has 1 aliphatic heterocycles. The Labute approximate surface area is 148 Å². The van der Waals surface area contributed by atoms with Crippen molar-refractivity contribution in [2.75, 3.05) is 6.54 Å². The fourth-order valence-electron chi connectivity index (χ4n) is 3.35. The Morgan fingerprint density at radius 3 is 2.48 bits per heavy atom. The Morgan fingerprint density at radius 2 is 1.80 bits per heavy atom. The summed E-state index contributed by atoms with van der Waals surface area (Å²) in [5.74, 6) is 0.191. The number of carbonyl (C=O) groups excluding carboxylic acids is 2. The van der Waals surface area contributed by atoms with E-state index in [0.29, 0.717) is 19.4 Å². The van der Waals surface area contributed by atoms with E-state index in [1.54, 1.807) is 4.90 Å². The van der Waals surface area contributed by atoms with Crippen LogP contribution in [0.15, 0.2) is 48.5 Å². The molecule has 2 aromatic carbocycles. The van der Waals surface area contributed by atoms with E-state index in [1.165, 1.54) is 0 Å². The second-order valence-corrected chi connectivity index (χ2v) is 6.66. The summed E-state index contributed by atoms with van der Waals surface area (Å²) in [6.45, 7) is 4.70. The lowest BCUT2D eigenvalue weighted by Crippen LogP contribution is -2.41. The van der Waals surface area contributed by atoms with Crippen LogP contribution in [0.1, 0.15) is 41.1 Å². The number of ketones is 1. The van der Waals surface area contributed by atoms with Crippen molar-refractivity contribution in [3.05, 3.63) is 70.8 Å². The molecule has 4 nitrogen and oxygen atoms in total. The summed E-state index contributed by atoms with van der Waals surface area (Å²) >= 11 is 0. The summed E-state index contributed by atoms with van der Waals surface area (Å²) < 4.78 is 5.49. The molecule has 130 valence electrons. The van der Waals surface area contributed by atoms with E-state index in [0.717, 1.165) is 22.3 Å². The fraction of sp³-hybridized carbons (Fsp3) is 0.333. The van der Waals surface area contributed by atoms with Crippen LogP contribution in [0, 0.1) is 13.8 Å². The third-order valence-corrected chi connectivity index (χ3v) is 4.50. The average Bonchev–Trinajstić information content (AvgIpc) is 2.59. The third-order valence-electron chi connectivity index (χ3n) is 4.50. The molecule has 1 fully saturated rings. The SMILES string of the molecule is Cc1cc(C)cc([C@H]2CC(=O)CCN2C(=O)OCc2ccccc2)c1. The molecule has 0 aromatic heterocycles. The summed E-state index contributed by atoms with van der Waals surface area (Å²) in [7, 11) is 0. The van der Waals surface area contributed by atoms with Gasteiger partial charge in [0.1, 0.15) is 12.4 Å². The average molecular weight is 337 g/mol. The quantitative estimate of drug-likeness (QED) is 0.837. The number of rotatable bonds is 3. The van der Waals surface area contributed by atoms with Crippen molar-refractivity contribution < 1.29 is 14.3 Å². The maximum atomic E-state index is 12.6. The van der Waals surface area contributed by atoms with Gasteiger partial charge in [-0.15, -0.1) is 0 Å². The maximum absolute atomic E-state index is 12.6. The molecule has 25 heavy (non-hydrogen) atoms. The van der Waals surface area contributed by atoms with Crippen molar-refractivity contribution >= 4 is 11.9 Å². The molecular weight excluding hydrogens is 314 g/mol. The zero-order valence-electron chi connectivity index (χ0n) is 14.7. The van der Waals surface area contributed by atoms with Gasteiger partial charge in [0.25, 0.3) is 0 Å². The predicted molar refractivity (Wildman–Crippen MR) is 96.2 cm³/mol. The standard InChI is InChI=1S/C21H23NO3/c1-15-10-16(2)12-18(11-15)20-13-19(23)8-9-22(20)21(24)25-14-17-6-4-3-5-7-17/h3-7,10-12,20H,8-9,13-14H2,1-2H3/t20-/m1/s1. The molecule has 0 bridgehead atoms. The van der Waals surface area contributed by atoms with Crippen molar-refractivity contribution in [2.45, 2.75) is 39.3 Å². The lowest BCUT2D eigenvalue weighted by molar-refractivity contribution is -0.122. The Kier molecular flexibility index (Phi) is 5.17. The number of hydrogen-bond acceptors (Lipinski definition) is 3. The first-order valence-electron chi connectivity index (χ1n) is 8.60. The zero-order valence-corrected chi connectivity index (χ0v) is 14.7. The molecule has 0 unspecified atom stereocenters. The highest BCUT2D eigenvalue weighted by atomic mass is 16.6. The molecule has 2 aromatic rings. The first-order chi connectivity index (χ1) is 12.0. The van der Waals surface area contributed by atoms with E-state index in [2.05, 4.69) is 6.07 Å². The van der Waals surface area contributed by atoms with Gasteiger partial charge in [-0.3, -0.25) is 4.79 Å². The van der Waals surface area contributed by atoms with Gasteiger partial charge in [-0.05, 0) is 25.0 Å². The number of hydrogen-bond donors (Lipinski definition) is 0. The first-order valence-corrected chi connectivity index (χ1v) is 8.60. The van der Waals surface area contributed by atoms with Crippen LogP contribution in [0.5, 0.6) is 0 Å². The highest BCUT2D eigenvalue weighted by Crippen LogP contribution is 2.31. The molecule has 1 aliphatic rings. The molecular formula is C21H23NO3. The monoisotopic (exact) mass is 337 g/mol. The Balaban J connectivity index is 1.77. The van der Waals surface area contributed by atoms with E-state index in [9.17, 15) is 9.59 Å². The van der Waals surface area contributed by atoms with Crippen molar-refractivity contribution in [2.24, 2.45) is 0 Å². The normalized spacial score (nSPS) is 17.4.